The summed E-state index contributed by atoms with van der Waals surface area (Å²) in [5.74, 6) is 0. The first-order chi connectivity index (χ1) is 8.75. The highest BCUT2D eigenvalue weighted by molar-refractivity contribution is 5.39. The van der Waals surface area contributed by atoms with Crippen LogP contribution in [0.5, 0.6) is 0 Å². The van der Waals surface area contributed by atoms with Gasteiger partial charge in [0.05, 0.1) is 24.0 Å². The van der Waals surface area contributed by atoms with Crippen molar-refractivity contribution in [2.24, 2.45) is 5.41 Å². The Labute approximate surface area is 105 Å². The van der Waals surface area contributed by atoms with Crippen LogP contribution in [-0.2, 0) is 12.8 Å². The van der Waals surface area contributed by atoms with Crippen molar-refractivity contribution in [3.05, 3.63) is 59.5 Å². The van der Waals surface area contributed by atoms with Crippen molar-refractivity contribution in [3.63, 3.8) is 0 Å². The molecule has 1 aromatic carbocycles. The first kappa shape index (κ1) is 11.1. The Morgan fingerprint density at radius 2 is 1.89 bits per heavy atom. The normalized spacial score (nSPS) is 18.0. The molecule has 0 radical (unpaired) electrons. The Hall–Kier alpha value is -2.05. The quantitative estimate of drug-likeness (QED) is 0.876. The van der Waals surface area contributed by atoms with Crippen molar-refractivity contribution in [2.75, 3.05) is 0 Å². The van der Waals surface area contributed by atoms with E-state index < -0.39 is 11.5 Å². The van der Waals surface area contributed by atoms with E-state index in [-0.39, 0.29) is 0 Å². The number of hydrogen-bond acceptors (Lipinski definition) is 3. The number of furan rings is 1. The lowest BCUT2D eigenvalue weighted by Crippen LogP contribution is -2.28. The number of aliphatic hydroxyl groups excluding tert-OH is 1. The number of benzene rings is 1. The molecule has 1 aromatic heterocycles. The molecule has 3 nitrogen and oxygen atoms in total. The second-order valence-corrected chi connectivity index (χ2v) is 4.85. The van der Waals surface area contributed by atoms with Gasteiger partial charge in [-0.3, -0.25) is 0 Å². The van der Waals surface area contributed by atoms with Crippen LogP contribution in [0.4, 0.5) is 0 Å². The fourth-order valence-electron chi connectivity index (χ4n) is 2.73. The fraction of sp³-hybridized carbons (Fsp3) is 0.267. The summed E-state index contributed by atoms with van der Waals surface area (Å²) in [4.78, 5) is 0. The minimum atomic E-state index is -0.811. The summed E-state index contributed by atoms with van der Waals surface area (Å²) in [5, 5.41) is 20.0. The predicted octanol–water partition coefficient (Wildman–Crippen LogP) is 2.62. The summed E-state index contributed by atoms with van der Waals surface area (Å²) in [6.07, 6.45) is 3.39. The molecule has 1 aliphatic carbocycles. The zero-order chi connectivity index (χ0) is 12.6. The average molecular weight is 239 g/mol. The molecule has 0 fully saturated rings. The zero-order valence-corrected chi connectivity index (χ0v) is 9.84. The van der Waals surface area contributed by atoms with Gasteiger partial charge in [0, 0.05) is 5.56 Å². The summed E-state index contributed by atoms with van der Waals surface area (Å²) in [6, 6.07) is 12.0. The van der Waals surface area contributed by atoms with Gasteiger partial charge in [-0.1, -0.05) is 24.3 Å². The fourth-order valence-corrected chi connectivity index (χ4v) is 2.73. The van der Waals surface area contributed by atoms with Crippen LogP contribution < -0.4 is 0 Å². The Bertz CT molecular complexity index is 570. The highest BCUT2D eigenvalue weighted by atomic mass is 16.3. The molecule has 1 N–H and O–H groups in total. The summed E-state index contributed by atoms with van der Waals surface area (Å²) in [6.45, 7) is 0. The van der Waals surface area contributed by atoms with Crippen molar-refractivity contribution < 1.29 is 9.52 Å². The van der Waals surface area contributed by atoms with Crippen LogP contribution in [0, 0.1) is 16.7 Å². The van der Waals surface area contributed by atoms with Gasteiger partial charge in [-0.25, -0.2) is 0 Å². The van der Waals surface area contributed by atoms with E-state index in [0.29, 0.717) is 18.4 Å². The third-order valence-electron chi connectivity index (χ3n) is 3.74. The molecule has 1 unspecified atom stereocenters. The van der Waals surface area contributed by atoms with E-state index >= 15 is 0 Å². The molecular formula is C15H13NO2. The van der Waals surface area contributed by atoms with Crippen molar-refractivity contribution in [1.29, 1.82) is 5.26 Å². The van der Waals surface area contributed by atoms with Gasteiger partial charge in [-0.15, -0.1) is 0 Å². The Morgan fingerprint density at radius 3 is 2.39 bits per heavy atom. The second kappa shape index (κ2) is 4.01. The molecule has 1 aliphatic rings. The topological polar surface area (TPSA) is 57.2 Å². The highest BCUT2D eigenvalue weighted by Crippen LogP contribution is 2.45. The molecule has 2 aromatic rings. The lowest BCUT2D eigenvalue weighted by Gasteiger charge is -2.26. The molecular weight excluding hydrogens is 226 g/mol. The number of hydrogen-bond donors (Lipinski definition) is 1. The molecule has 3 heteroatoms. The second-order valence-electron chi connectivity index (χ2n) is 4.85. The number of rotatable bonds is 2. The first-order valence-electron chi connectivity index (χ1n) is 5.93. The van der Waals surface area contributed by atoms with Gasteiger partial charge in [-0.05, 0) is 30.0 Å². The SMILES string of the molecule is N#CC1(C(O)c2ccoc2)Cc2ccccc2C1. The van der Waals surface area contributed by atoms with Crippen molar-refractivity contribution in [3.8, 4) is 6.07 Å². The molecule has 18 heavy (non-hydrogen) atoms. The third kappa shape index (κ3) is 1.54. The van der Waals surface area contributed by atoms with Gasteiger partial charge < -0.3 is 9.52 Å². The maximum Gasteiger partial charge on any atom is 0.101 e. The minimum absolute atomic E-state index is 0.589. The lowest BCUT2D eigenvalue weighted by molar-refractivity contribution is 0.0688. The maximum absolute atomic E-state index is 10.4. The molecule has 0 bridgehead atoms. The molecule has 90 valence electrons. The van der Waals surface area contributed by atoms with Gasteiger partial charge in [-0.2, -0.15) is 5.26 Å². The maximum atomic E-state index is 10.4. The average Bonchev–Trinajstić information content (AvgIpc) is 3.05. The molecule has 1 heterocycles. The van der Waals surface area contributed by atoms with Crippen LogP contribution in [0.1, 0.15) is 22.8 Å². The van der Waals surface area contributed by atoms with E-state index in [2.05, 4.69) is 6.07 Å². The van der Waals surface area contributed by atoms with Gasteiger partial charge in [0.1, 0.15) is 6.10 Å². The van der Waals surface area contributed by atoms with E-state index in [9.17, 15) is 10.4 Å². The molecule has 1 atom stereocenters. The summed E-state index contributed by atoms with van der Waals surface area (Å²) in [5.41, 5.74) is 2.21. The molecule has 0 spiro atoms. The van der Waals surface area contributed by atoms with E-state index in [4.69, 9.17) is 4.42 Å². The van der Waals surface area contributed by atoms with Crippen LogP contribution in [0.25, 0.3) is 0 Å². The van der Waals surface area contributed by atoms with Gasteiger partial charge in [0.15, 0.2) is 0 Å². The van der Waals surface area contributed by atoms with Gasteiger partial charge in [0.25, 0.3) is 0 Å². The summed E-state index contributed by atoms with van der Waals surface area (Å²) >= 11 is 0. The Kier molecular flexibility index (Phi) is 2.46. The van der Waals surface area contributed by atoms with Crippen LogP contribution in [-0.4, -0.2) is 5.11 Å². The van der Waals surface area contributed by atoms with Crippen molar-refractivity contribution in [2.45, 2.75) is 18.9 Å². The van der Waals surface area contributed by atoms with Crippen LogP contribution in [0.2, 0.25) is 0 Å². The smallest absolute Gasteiger partial charge is 0.101 e. The van der Waals surface area contributed by atoms with Gasteiger partial charge >= 0.3 is 0 Å². The minimum Gasteiger partial charge on any atom is -0.472 e. The predicted molar refractivity (Wildman–Crippen MR) is 65.6 cm³/mol. The van der Waals surface area contributed by atoms with Crippen molar-refractivity contribution in [1.82, 2.24) is 0 Å². The number of aliphatic hydroxyl groups is 1. The van der Waals surface area contributed by atoms with Gasteiger partial charge in [0.2, 0.25) is 0 Å². The monoisotopic (exact) mass is 239 g/mol. The van der Waals surface area contributed by atoms with E-state index in [0.717, 1.165) is 11.1 Å². The highest BCUT2D eigenvalue weighted by Gasteiger charge is 2.44. The van der Waals surface area contributed by atoms with Crippen molar-refractivity contribution >= 4 is 0 Å². The molecule has 0 saturated carbocycles. The number of nitriles is 1. The number of fused-ring (bicyclic) bond motifs is 1. The largest absolute Gasteiger partial charge is 0.472 e. The summed E-state index contributed by atoms with van der Waals surface area (Å²) in [7, 11) is 0. The van der Waals surface area contributed by atoms with Crippen LogP contribution in [0.3, 0.4) is 0 Å². The molecule has 0 saturated heterocycles. The Morgan fingerprint density at radius 1 is 1.22 bits per heavy atom. The van der Waals surface area contributed by atoms with Crippen LogP contribution in [0.15, 0.2) is 47.3 Å². The first-order valence-corrected chi connectivity index (χ1v) is 5.93. The standard InChI is InChI=1S/C15H13NO2/c16-10-15(14(17)13-5-6-18-9-13)7-11-3-1-2-4-12(11)8-15/h1-6,9,14,17H,7-8H2. The Balaban J connectivity index is 1.98. The third-order valence-corrected chi connectivity index (χ3v) is 3.74. The molecule has 0 amide bonds. The number of nitrogens with zero attached hydrogens (tertiary/aromatic N) is 1. The zero-order valence-electron chi connectivity index (χ0n) is 9.84. The molecule has 3 rings (SSSR count). The van der Waals surface area contributed by atoms with Crippen LogP contribution >= 0.6 is 0 Å². The van der Waals surface area contributed by atoms with E-state index in [1.54, 1.807) is 6.07 Å². The van der Waals surface area contributed by atoms with E-state index in [1.165, 1.54) is 12.5 Å². The lowest BCUT2D eigenvalue weighted by atomic mass is 9.78. The van der Waals surface area contributed by atoms with E-state index in [1.807, 2.05) is 24.3 Å². The summed E-state index contributed by atoms with van der Waals surface area (Å²) < 4.78 is 4.99. The molecule has 0 aliphatic heterocycles.